The molecule has 0 aliphatic rings. The maximum atomic E-state index is 12.9. The zero-order valence-corrected chi connectivity index (χ0v) is 7.53. The van der Waals surface area contributed by atoms with Gasteiger partial charge in [-0.2, -0.15) is 5.26 Å². The molecule has 0 saturated heterocycles. The predicted molar refractivity (Wildman–Crippen MR) is 50.2 cm³/mol. The number of nitro groups is 1. The van der Waals surface area contributed by atoms with Gasteiger partial charge in [-0.3, -0.25) is 10.1 Å². The summed E-state index contributed by atoms with van der Waals surface area (Å²) in [5.41, 5.74) is -0.159. The minimum atomic E-state index is -0.717. The van der Waals surface area contributed by atoms with E-state index in [4.69, 9.17) is 5.26 Å². The summed E-state index contributed by atoms with van der Waals surface area (Å²) in [5, 5.41) is 18.6. The van der Waals surface area contributed by atoms with Crippen LogP contribution in [0.2, 0.25) is 0 Å². The van der Waals surface area contributed by atoms with E-state index in [1.165, 1.54) is 0 Å². The van der Waals surface area contributed by atoms with E-state index in [0.717, 1.165) is 18.2 Å². The molecule has 4 nitrogen and oxygen atoms in total. The Morgan fingerprint density at radius 2 is 2.20 bits per heavy atom. The van der Waals surface area contributed by atoms with Gasteiger partial charge in [0.25, 0.3) is 5.69 Å². The van der Waals surface area contributed by atoms with E-state index in [2.05, 4.69) is 11.8 Å². The zero-order chi connectivity index (χ0) is 11.3. The van der Waals surface area contributed by atoms with Gasteiger partial charge in [-0.15, -0.1) is 0 Å². The third-order valence-electron chi connectivity index (χ3n) is 1.49. The van der Waals surface area contributed by atoms with Crippen molar-refractivity contribution in [3.63, 3.8) is 0 Å². The summed E-state index contributed by atoms with van der Waals surface area (Å²) in [4.78, 5) is 9.68. The quantitative estimate of drug-likeness (QED) is 0.399. The Labute approximate surface area is 85.1 Å². The van der Waals surface area contributed by atoms with Gasteiger partial charge in [0.2, 0.25) is 0 Å². The molecule has 0 heterocycles. The lowest BCUT2D eigenvalue weighted by Gasteiger charge is -1.93. The number of rotatable bonds is 1. The van der Waals surface area contributed by atoms with E-state index in [0.29, 0.717) is 0 Å². The van der Waals surface area contributed by atoms with Gasteiger partial charge < -0.3 is 0 Å². The first-order valence-corrected chi connectivity index (χ1v) is 3.94. The van der Waals surface area contributed by atoms with Crippen molar-refractivity contribution >= 4 is 5.69 Å². The average molecular weight is 204 g/mol. The molecule has 0 amide bonds. The number of nitriles is 1. The van der Waals surface area contributed by atoms with Crippen molar-refractivity contribution in [1.29, 1.82) is 5.26 Å². The molecule has 1 rings (SSSR count). The smallest absolute Gasteiger partial charge is 0.258 e. The molecule has 0 N–H and O–H groups in total. The highest BCUT2D eigenvalue weighted by atomic mass is 19.1. The van der Waals surface area contributed by atoms with Crippen molar-refractivity contribution in [2.45, 2.75) is 6.42 Å². The molecule has 0 saturated carbocycles. The topological polar surface area (TPSA) is 66.9 Å². The molecule has 0 unspecified atom stereocenters. The summed E-state index contributed by atoms with van der Waals surface area (Å²) in [7, 11) is 0. The number of hydrogen-bond acceptors (Lipinski definition) is 3. The lowest BCUT2D eigenvalue weighted by Crippen LogP contribution is -1.90. The van der Waals surface area contributed by atoms with Gasteiger partial charge >= 0.3 is 0 Å². The lowest BCUT2D eigenvalue weighted by atomic mass is 10.2. The summed E-state index contributed by atoms with van der Waals surface area (Å²) in [6.45, 7) is 0. The molecule has 0 aliphatic carbocycles. The molecule has 0 atom stereocenters. The number of halogens is 1. The second-order valence-corrected chi connectivity index (χ2v) is 2.59. The lowest BCUT2D eigenvalue weighted by molar-refractivity contribution is -0.385. The van der Waals surface area contributed by atoms with Crippen molar-refractivity contribution in [2.24, 2.45) is 0 Å². The van der Waals surface area contributed by atoms with Crippen LogP contribution >= 0.6 is 0 Å². The van der Waals surface area contributed by atoms with Gasteiger partial charge in [0.15, 0.2) is 0 Å². The number of nitro benzene ring substituents is 1. The summed E-state index contributed by atoms with van der Waals surface area (Å²) < 4.78 is 12.9. The predicted octanol–water partition coefficient (Wildman–Crippen LogP) is 2.00. The summed E-state index contributed by atoms with van der Waals surface area (Å²) in [6, 6.07) is 4.84. The molecule has 0 spiro atoms. The van der Waals surface area contributed by atoms with E-state index in [1.807, 2.05) is 0 Å². The standard InChI is InChI=1S/C10H5FN2O2/c11-9-5-8(3-1-2-4-12)6-10(7-9)13(14)15/h5-7H,2H2. The SMILES string of the molecule is N#CCC#Cc1cc(F)cc([N+](=O)[O-])c1. The van der Waals surface area contributed by atoms with Gasteiger partial charge in [0.1, 0.15) is 5.82 Å². The molecular formula is C10H5FN2O2. The van der Waals surface area contributed by atoms with Crippen LogP contribution in [0, 0.1) is 39.1 Å². The highest BCUT2D eigenvalue weighted by molar-refractivity contribution is 5.43. The van der Waals surface area contributed by atoms with Crippen molar-refractivity contribution < 1.29 is 9.31 Å². The van der Waals surface area contributed by atoms with E-state index < -0.39 is 10.7 Å². The van der Waals surface area contributed by atoms with Crippen LogP contribution in [0.25, 0.3) is 0 Å². The fourth-order valence-electron chi connectivity index (χ4n) is 0.938. The van der Waals surface area contributed by atoms with E-state index >= 15 is 0 Å². The van der Waals surface area contributed by atoms with Gasteiger partial charge in [-0.25, -0.2) is 4.39 Å². The van der Waals surface area contributed by atoms with Crippen molar-refractivity contribution in [3.05, 3.63) is 39.7 Å². The molecule has 74 valence electrons. The Hall–Kier alpha value is -2.40. The van der Waals surface area contributed by atoms with Gasteiger partial charge in [-0.05, 0) is 6.07 Å². The molecule has 5 heteroatoms. The van der Waals surface area contributed by atoms with Crippen LogP contribution in [0.5, 0.6) is 0 Å². The van der Waals surface area contributed by atoms with Gasteiger partial charge in [0, 0.05) is 11.6 Å². The maximum Gasteiger partial charge on any atom is 0.273 e. The summed E-state index contributed by atoms with van der Waals surface area (Å²) in [5.74, 6) is 4.19. The van der Waals surface area contributed by atoms with E-state index in [-0.39, 0.29) is 17.7 Å². The Morgan fingerprint density at radius 3 is 2.80 bits per heavy atom. The van der Waals surface area contributed by atoms with Gasteiger partial charge in [0.05, 0.1) is 23.5 Å². The fourth-order valence-corrected chi connectivity index (χ4v) is 0.938. The molecular weight excluding hydrogens is 199 g/mol. The Kier molecular flexibility index (Phi) is 3.37. The highest BCUT2D eigenvalue weighted by Crippen LogP contribution is 2.15. The minimum absolute atomic E-state index is 0.00428. The van der Waals surface area contributed by atoms with E-state index in [9.17, 15) is 14.5 Å². The molecule has 15 heavy (non-hydrogen) atoms. The minimum Gasteiger partial charge on any atom is -0.258 e. The first-order chi connectivity index (χ1) is 7.13. The summed E-state index contributed by atoms with van der Waals surface area (Å²) >= 11 is 0. The second kappa shape index (κ2) is 4.73. The highest BCUT2D eigenvalue weighted by Gasteiger charge is 2.08. The molecule has 1 aromatic rings. The van der Waals surface area contributed by atoms with Crippen LogP contribution in [0.15, 0.2) is 18.2 Å². The van der Waals surface area contributed by atoms with Crippen LogP contribution in [0.1, 0.15) is 12.0 Å². The largest absolute Gasteiger partial charge is 0.273 e. The van der Waals surface area contributed by atoms with Crippen LogP contribution in [-0.4, -0.2) is 4.92 Å². The molecule has 0 fully saturated rings. The average Bonchev–Trinajstić information content (AvgIpc) is 2.17. The number of hydrogen-bond donors (Lipinski definition) is 0. The molecule has 0 aromatic heterocycles. The van der Waals surface area contributed by atoms with Crippen LogP contribution in [0.3, 0.4) is 0 Å². The molecule has 0 bridgehead atoms. The second-order valence-electron chi connectivity index (χ2n) is 2.59. The van der Waals surface area contributed by atoms with Crippen LogP contribution < -0.4 is 0 Å². The number of benzene rings is 1. The zero-order valence-electron chi connectivity index (χ0n) is 7.53. The normalized spacial score (nSPS) is 8.53. The molecule has 1 aromatic carbocycles. The third kappa shape index (κ3) is 3.09. The first-order valence-electron chi connectivity index (χ1n) is 3.94. The Balaban J connectivity index is 3.07. The van der Waals surface area contributed by atoms with Crippen molar-refractivity contribution in [3.8, 4) is 17.9 Å². The summed E-state index contributed by atoms with van der Waals surface area (Å²) in [6.07, 6.45) is 0.00428. The fraction of sp³-hybridized carbons (Fsp3) is 0.100. The number of nitrogens with zero attached hydrogens (tertiary/aromatic N) is 2. The monoisotopic (exact) mass is 204 g/mol. The number of non-ortho nitro benzene ring substituents is 1. The van der Waals surface area contributed by atoms with E-state index in [1.54, 1.807) is 6.07 Å². The Morgan fingerprint density at radius 1 is 1.47 bits per heavy atom. The van der Waals surface area contributed by atoms with Crippen molar-refractivity contribution in [2.75, 3.05) is 0 Å². The van der Waals surface area contributed by atoms with Crippen LogP contribution in [0.4, 0.5) is 10.1 Å². The first kappa shape index (κ1) is 10.7. The maximum absolute atomic E-state index is 12.9. The van der Waals surface area contributed by atoms with Gasteiger partial charge in [-0.1, -0.05) is 11.8 Å². The molecule has 0 radical (unpaired) electrons. The molecule has 0 aliphatic heterocycles. The third-order valence-corrected chi connectivity index (χ3v) is 1.49. The van der Waals surface area contributed by atoms with Crippen molar-refractivity contribution in [1.82, 2.24) is 0 Å². The Bertz CT molecular complexity index is 494. The van der Waals surface area contributed by atoms with Crippen LogP contribution in [-0.2, 0) is 0 Å².